The lowest BCUT2D eigenvalue weighted by molar-refractivity contribution is -0.163. The Balaban J connectivity index is 4.55. The fraction of sp³-hybridized carbons (Fsp3) is 0.714. The van der Waals surface area contributed by atoms with Crippen molar-refractivity contribution in [2.24, 2.45) is 0 Å². The van der Waals surface area contributed by atoms with E-state index in [0.717, 1.165) is 7.11 Å². The highest BCUT2D eigenvalue weighted by molar-refractivity contribution is 5.92. The van der Waals surface area contributed by atoms with Crippen LogP contribution in [0.4, 0.5) is 0 Å². The number of aliphatic hydroxyl groups is 3. The zero-order chi connectivity index (χ0) is 11.3. The molecule has 0 rings (SSSR count). The summed E-state index contributed by atoms with van der Waals surface area (Å²) >= 11 is 0. The van der Waals surface area contributed by atoms with E-state index in [0.29, 0.717) is 0 Å². The molecule has 0 heterocycles. The van der Waals surface area contributed by atoms with Crippen molar-refractivity contribution in [3.8, 4) is 0 Å². The van der Waals surface area contributed by atoms with Crippen molar-refractivity contribution in [1.29, 1.82) is 0 Å². The van der Waals surface area contributed by atoms with Crippen LogP contribution in [0.2, 0.25) is 0 Å². The van der Waals surface area contributed by atoms with Crippen LogP contribution in [-0.4, -0.2) is 64.2 Å². The summed E-state index contributed by atoms with van der Waals surface area (Å²) in [6.45, 7) is -0.856. The maximum absolute atomic E-state index is 11.1. The Bertz CT molecular complexity index is 214. The number of aliphatic hydroxyl groups excluding tert-OH is 3. The number of Topliss-reactive ketones (excluding diaryl/α,β-unsaturated/α-hetero) is 1. The van der Waals surface area contributed by atoms with Gasteiger partial charge in [-0.15, -0.1) is 0 Å². The third kappa shape index (κ3) is 3.04. The standard InChI is InChI=1S/C7H12O7/c1-14-6(5(11)7(12)13)4(10)3(9)2-8/h3,5-6,8-9,11H,2H2,1H3,(H,12,13)/t3-,5-,6-/m0/s1. The van der Waals surface area contributed by atoms with Gasteiger partial charge in [-0.3, -0.25) is 4.79 Å². The van der Waals surface area contributed by atoms with Crippen LogP contribution in [0.15, 0.2) is 0 Å². The van der Waals surface area contributed by atoms with Crippen LogP contribution in [-0.2, 0) is 14.3 Å². The first kappa shape index (κ1) is 13.0. The summed E-state index contributed by atoms with van der Waals surface area (Å²) in [5, 5.41) is 34.6. The molecule has 14 heavy (non-hydrogen) atoms. The van der Waals surface area contributed by atoms with Gasteiger partial charge in [0.2, 0.25) is 0 Å². The second-order valence-electron chi connectivity index (χ2n) is 2.54. The number of hydrogen-bond acceptors (Lipinski definition) is 6. The highest BCUT2D eigenvalue weighted by Gasteiger charge is 2.35. The normalized spacial score (nSPS) is 17.1. The molecule has 7 nitrogen and oxygen atoms in total. The maximum Gasteiger partial charge on any atom is 0.335 e. The van der Waals surface area contributed by atoms with Crippen LogP contribution in [0.3, 0.4) is 0 Å². The second-order valence-corrected chi connectivity index (χ2v) is 2.54. The summed E-state index contributed by atoms with van der Waals surface area (Å²) in [7, 11) is 1.01. The number of hydrogen-bond donors (Lipinski definition) is 4. The predicted octanol–water partition coefficient (Wildman–Crippen LogP) is -2.63. The molecule has 0 unspecified atom stereocenters. The van der Waals surface area contributed by atoms with Crippen molar-refractivity contribution in [2.45, 2.75) is 18.3 Å². The molecule has 0 fully saturated rings. The molecular formula is C7H12O7. The Morgan fingerprint density at radius 1 is 1.36 bits per heavy atom. The highest BCUT2D eigenvalue weighted by atomic mass is 16.5. The zero-order valence-corrected chi connectivity index (χ0v) is 7.45. The summed E-state index contributed by atoms with van der Waals surface area (Å²) in [5.74, 6) is -2.72. The van der Waals surface area contributed by atoms with E-state index < -0.39 is 36.7 Å². The van der Waals surface area contributed by atoms with Crippen LogP contribution in [0.5, 0.6) is 0 Å². The quantitative estimate of drug-likeness (QED) is 0.376. The predicted molar refractivity (Wildman–Crippen MR) is 42.5 cm³/mol. The van der Waals surface area contributed by atoms with Gasteiger partial charge in [-0.2, -0.15) is 0 Å². The summed E-state index contributed by atoms with van der Waals surface area (Å²) in [5.41, 5.74) is 0. The van der Waals surface area contributed by atoms with Crippen LogP contribution in [0.1, 0.15) is 0 Å². The third-order valence-corrected chi connectivity index (χ3v) is 1.58. The van der Waals surface area contributed by atoms with Gasteiger partial charge in [0, 0.05) is 7.11 Å². The molecule has 0 saturated carbocycles. The van der Waals surface area contributed by atoms with E-state index >= 15 is 0 Å². The van der Waals surface area contributed by atoms with Crippen molar-refractivity contribution < 1.29 is 34.8 Å². The van der Waals surface area contributed by atoms with Gasteiger partial charge >= 0.3 is 5.97 Å². The number of ketones is 1. The van der Waals surface area contributed by atoms with Gasteiger partial charge in [-0.05, 0) is 0 Å². The molecule has 0 aliphatic rings. The molecule has 0 aromatic carbocycles. The zero-order valence-electron chi connectivity index (χ0n) is 7.45. The number of carbonyl (C=O) groups excluding carboxylic acids is 1. The molecule has 0 aromatic rings. The first-order valence-corrected chi connectivity index (χ1v) is 3.72. The molecular weight excluding hydrogens is 196 g/mol. The molecule has 0 radical (unpaired) electrons. The van der Waals surface area contributed by atoms with E-state index in [1.54, 1.807) is 0 Å². The van der Waals surface area contributed by atoms with Gasteiger partial charge in [0.05, 0.1) is 6.61 Å². The van der Waals surface area contributed by atoms with E-state index in [2.05, 4.69) is 4.74 Å². The van der Waals surface area contributed by atoms with E-state index in [-0.39, 0.29) is 0 Å². The fourth-order valence-corrected chi connectivity index (χ4v) is 0.810. The number of ether oxygens (including phenoxy) is 1. The number of carboxylic acid groups (broad SMARTS) is 1. The molecule has 0 amide bonds. The number of rotatable bonds is 6. The lowest BCUT2D eigenvalue weighted by atomic mass is 10.1. The van der Waals surface area contributed by atoms with Crippen LogP contribution in [0.25, 0.3) is 0 Å². The average molecular weight is 208 g/mol. The summed E-state index contributed by atoms with van der Waals surface area (Å²) < 4.78 is 4.41. The van der Waals surface area contributed by atoms with Gasteiger partial charge in [0.25, 0.3) is 0 Å². The minimum atomic E-state index is -2.06. The topological polar surface area (TPSA) is 124 Å². The van der Waals surface area contributed by atoms with E-state index in [4.69, 9.17) is 20.4 Å². The average Bonchev–Trinajstić information content (AvgIpc) is 2.17. The monoisotopic (exact) mass is 208 g/mol. The van der Waals surface area contributed by atoms with Crippen molar-refractivity contribution >= 4 is 11.8 Å². The Kier molecular flexibility index (Phi) is 5.24. The lowest BCUT2D eigenvalue weighted by Gasteiger charge is -2.18. The second kappa shape index (κ2) is 5.66. The molecule has 82 valence electrons. The van der Waals surface area contributed by atoms with Crippen LogP contribution >= 0.6 is 0 Å². The minimum absolute atomic E-state index is 0.856. The first-order chi connectivity index (χ1) is 6.45. The molecule has 0 bridgehead atoms. The molecule has 0 spiro atoms. The van der Waals surface area contributed by atoms with Crippen LogP contribution < -0.4 is 0 Å². The third-order valence-electron chi connectivity index (χ3n) is 1.58. The van der Waals surface area contributed by atoms with E-state index in [9.17, 15) is 9.59 Å². The minimum Gasteiger partial charge on any atom is -0.479 e. The Morgan fingerprint density at radius 3 is 2.14 bits per heavy atom. The number of methoxy groups -OCH3 is 1. The number of carboxylic acids is 1. The SMILES string of the molecule is CO[C@@H](C(=O)[C@@H](O)CO)[C@H](O)C(=O)O. The molecule has 0 aliphatic heterocycles. The van der Waals surface area contributed by atoms with Crippen LogP contribution in [0, 0.1) is 0 Å². The van der Waals surface area contributed by atoms with Gasteiger partial charge in [-0.25, -0.2) is 4.79 Å². The summed E-state index contributed by atoms with van der Waals surface area (Å²) in [6.07, 6.45) is -5.50. The molecule has 0 aromatic heterocycles. The Labute approximate surface area is 79.5 Å². The van der Waals surface area contributed by atoms with Crippen molar-refractivity contribution in [3.63, 3.8) is 0 Å². The van der Waals surface area contributed by atoms with Crippen molar-refractivity contribution in [3.05, 3.63) is 0 Å². The van der Waals surface area contributed by atoms with Gasteiger partial charge in [-0.1, -0.05) is 0 Å². The molecule has 0 saturated heterocycles. The summed E-state index contributed by atoms with van der Waals surface area (Å²) in [6, 6.07) is 0. The van der Waals surface area contributed by atoms with Gasteiger partial charge in [0.15, 0.2) is 18.0 Å². The Morgan fingerprint density at radius 2 is 1.86 bits per heavy atom. The fourth-order valence-electron chi connectivity index (χ4n) is 0.810. The highest BCUT2D eigenvalue weighted by Crippen LogP contribution is 2.03. The van der Waals surface area contributed by atoms with E-state index in [1.165, 1.54) is 0 Å². The lowest BCUT2D eigenvalue weighted by Crippen LogP contribution is -2.46. The maximum atomic E-state index is 11.1. The largest absolute Gasteiger partial charge is 0.479 e. The number of aliphatic carboxylic acids is 1. The summed E-state index contributed by atoms with van der Waals surface area (Å²) in [4.78, 5) is 21.4. The van der Waals surface area contributed by atoms with Crippen molar-refractivity contribution in [2.75, 3.05) is 13.7 Å². The van der Waals surface area contributed by atoms with Gasteiger partial charge in [0.1, 0.15) is 6.10 Å². The number of carbonyl (C=O) groups is 2. The first-order valence-electron chi connectivity index (χ1n) is 3.72. The van der Waals surface area contributed by atoms with Crippen molar-refractivity contribution in [1.82, 2.24) is 0 Å². The van der Waals surface area contributed by atoms with E-state index in [1.807, 2.05) is 0 Å². The van der Waals surface area contributed by atoms with Gasteiger partial charge < -0.3 is 25.2 Å². The Hall–Kier alpha value is -1.02. The molecule has 4 N–H and O–H groups in total. The smallest absolute Gasteiger partial charge is 0.335 e. The molecule has 3 atom stereocenters. The molecule has 7 heteroatoms. The molecule has 0 aliphatic carbocycles.